The number of hydrogen-bond acceptors (Lipinski definition) is 2. The number of allylic oxidation sites excluding steroid dienone is 1. The van der Waals surface area contributed by atoms with Crippen molar-refractivity contribution in [3.05, 3.63) is 71.3 Å². The summed E-state index contributed by atoms with van der Waals surface area (Å²) in [6, 6.07) is 18.4. The Labute approximate surface area is 200 Å². The fourth-order valence-electron chi connectivity index (χ4n) is 5.70. The van der Waals surface area contributed by atoms with Crippen LogP contribution in [-0.2, 0) is 9.53 Å². The molecule has 2 aromatic rings. The van der Waals surface area contributed by atoms with Crippen molar-refractivity contribution in [3.8, 4) is 11.1 Å². The van der Waals surface area contributed by atoms with Crippen molar-refractivity contribution >= 4 is 5.97 Å². The van der Waals surface area contributed by atoms with Crippen LogP contribution in [0.3, 0.4) is 0 Å². The summed E-state index contributed by atoms with van der Waals surface area (Å²) in [6.07, 6.45) is 14.0. The highest BCUT2D eigenvalue weighted by Crippen LogP contribution is 2.38. The molecule has 0 amide bonds. The van der Waals surface area contributed by atoms with E-state index in [9.17, 15) is 4.79 Å². The lowest BCUT2D eigenvalue weighted by atomic mass is 9.77. The van der Waals surface area contributed by atoms with Crippen LogP contribution in [0.15, 0.2) is 60.2 Å². The highest BCUT2D eigenvalue weighted by molar-refractivity contribution is 5.88. The summed E-state index contributed by atoms with van der Waals surface area (Å²) in [5, 5.41) is 0. The lowest BCUT2D eigenvalue weighted by molar-refractivity contribution is -0.139. The summed E-state index contributed by atoms with van der Waals surface area (Å²) >= 11 is 0. The molecule has 33 heavy (non-hydrogen) atoms. The molecule has 0 heterocycles. The molecule has 2 aliphatic carbocycles. The van der Waals surface area contributed by atoms with Crippen LogP contribution in [-0.4, -0.2) is 12.6 Å². The highest BCUT2D eigenvalue weighted by Gasteiger charge is 2.22. The Morgan fingerprint density at radius 1 is 0.788 bits per heavy atom. The fraction of sp³-hybridized carbons (Fsp3) is 0.516. The van der Waals surface area contributed by atoms with Gasteiger partial charge in [0, 0.05) is 5.57 Å². The summed E-state index contributed by atoms with van der Waals surface area (Å²) in [6.45, 7) is 4.85. The highest BCUT2D eigenvalue weighted by atomic mass is 16.5. The molecule has 0 N–H and O–H groups in total. The predicted octanol–water partition coefficient (Wildman–Crippen LogP) is 8.57. The van der Waals surface area contributed by atoms with Crippen molar-refractivity contribution in [1.82, 2.24) is 0 Å². The maximum absolute atomic E-state index is 12.1. The zero-order valence-electron chi connectivity index (χ0n) is 20.5. The predicted molar refractivity (Wildman–Crippen MR) is 137 cm³/mol. The Hall–Kier alpha value is -2.35. The molecule has 1 fully saturated rings. The number of benzene rings is 2. The quantitative estimate of drug-likeness (QED) is 0.381. The second kappa shape index (κ2) is 11.7. The van der Waals surface area contributed by atoms with E-state index in [-0.39, 0.29) is 5.97 Å². The van der Waals surface area contributed by atoms with E-state index in [0.29, 0.717) is 12.5 Å². The number of rotatable bonds is 8. The van der Waals surface area contributed by atoms with Crippen molar-refractivity contribution in [3.63, 3.8) is 0 Å². The van der Waals surface area contributed by atoms with Crippen LogP contribution < -0.4 is 0 Å². The standard InChI is InChI=1S/C31H40O2/c1-3-5-23-6-8-24(9-7-23)25-10-12-26(13-11-25)27-14-16-28(17-15-27)29-18-20-30(21-19-29)31(32)33-22-4-2/h10-17,20,23-24,29H,3-9,18-19,21-22H2,1-2H3. The first-order chi connectivity index (χ1) is 16.2. The molecule has 0 spiro atoms. The van der Waals surface area contributed by atoms with Crippen molar-refractivity contribution in [1.29, 1.82) is 0 Å². The summed E-state index contributed by atoms with van der Waals surface area (Å²) in [5.41, 5.74) is 6.33. The van der Waals surface area contributed by atoms with Crippen LogP contribution in [0.2, 0.25) is 0 Å². The minimum Gasteiger partial charge on any atom is -0.462 e. The molecule has 1 unspecified atom stereocenters. The van der Waals surface area contributed by atoms with Crippen LogP contribution in [0.1, 0.15) is 101 Å². The van der Waals surface area contributed by atoms with Crippen molar-refractivity contribution < 1.29 is 9.53 Å². The molecule has 2 aromatic carbocycles. The molecule has 2 heteroatoms. The minimum atomic E-state index is -0.122. The molecule has 1 saturated carbocycles. The SMILES string of the molecule is CCCOC(=O)C1=CCC(c2ccc(-c3ccc(C4CCC(CCC)CC4)cc3)cc2)CC1. The smallest absolute Gasteiger partial charge is 0.333 e. The Balaban J connectivity index is 1.33. The number of carbonyl (C=O) groups is 1. The van der Waals surface area contributed by atoms with E-state index in [1.54, 1.807) is 0 Å². The summed E-state index contributed by atoms with van der Waals surface area (Å²) in [7, 11) is 0. The van der Waals surface area contributed by atoms with Crippen LogP contribution >= 0.6 is 0 Å². The maximum Gasteiger partial charge on any atom is 0.333 e. The molecule has 0 aliphatic heterocycles. The molecule has 4 rings (SSSR count). The molecular formula is C31H40O2. The second-order valence-electron chi connectivity index (χ2n) is 10.1. The minimum absolute atomic E-state index is 0.122. The van der Waals surface area contributed by atoms with Crippen molar-refractivity contribution in [2.24, 2.45) is 5.92 Å². The summed E-state index contributed by atoms with van der Waals surface area (Å²) in [5.74, 6) is 2.08. The number of hydrogen-bond donors (Lipinski definition) is 0. The van der Waals surface area contributed by atoms with E-state index >= 15 is 0 Å². The van der Waals surface area contributed by atoms with E-state index in [1.807, 2.05) is 6.92 Å². The average molecular weight is 445 g/mol. The average Bonchev–Trinajstić information content (AvgIpc) is 2.88. The van der Waals surface area contributed by atoms with Gasteiger partial charge >= 0.3 is 5.97 Å². The normalized spacial score (nSPS) is 23.1. The van der Waals surface area contributed by atoms with Gasteiger partial charge in [0.2, 0.25) is 0 Å². The Bertz CT molecular complexity index is 914. The van der Waals surface area contributed by atoms with E-state index in [0.717, 1.165) is 43.1 Å². The topological polar surface area (TPSA) is 26.3 Å². The van der Waals surface area contributed by atoms with Gasteiger partial charge < -0.3 is 4.74 Å². The Morgan fingerprint density at radius 3 is 1.91 bits per heavy atom. The van der Waals surface area contributed by atoms with Crippen molar-refractivity contribution in [2.75, 3.05) is 6.61 Å². The first-order valence-corrected chi connectivity index (χ1v) is 13.2. The van der Waals surface area contributed by atoms with Gasteiger partial charge in [-0.3, -0.25) is 0 Å². The molecule has 0 radical (unpaired) electrons. The van der Waals surface area contributed by atoms with Crippen LogP contribution in [0, 0.1) is 5.92 Å². The molecule has 1 atom stereocenters. The molecule has 0 saturated heterocycles. The first-order valence-electron chi connectivity index (χ1n) is 13.2. The van der Waals surface area contributed by atoms with Crippen molar-refractivity contribution in [2.45, 2.75) is 89.9 Å². The molecule has 2 nitrogen and oxygen atoms in total. The molecule has 176 valence electrons. The fourth-order valence-corrected chi connectivity index (χ4v) is 5.70. The molecule has 0 aromatic heterocycles. The lowest BCUT2D eigenvalue weighted by Crippen LogP contribution is -2.13. The molecule has 2 aliphatic rings. The van der Waals surface area contributed by atoms with Gasteiger partial charge in [0.05, 0.1) is 6.61 Å². The zero-order valence-corrected chi connectivity index (χ0v) is 20.5. The Morgan fingerprint density at radius 2 is 1.39 bits per heavy atom. The third-order valence-electron chi connectivity index (χ3n) is 7.75. The third-order valence-corrected chi connectivity index (χ3v) is 7.75. The Kier molecular flexibility index (Phi) is 8.42. The third kappa shape index (κ3) is 6.16. The van der Waals surface area contributed by atoms with E-state index < -0.39 is 0 Å². The van der Waals surface area contributed by atoms with E-state index in [2.05, 4.69) is 61.5 Å². The van der Waals surface area contributed by atoms with Gasteiger partial charge in [-0.2, -0.15) is 0 Å². The van der Waals surface area contributed by atoms with Gasteiger partial charge in [-0.25, -0.2) is 4.79 Å². The number of ether oxygens (including phenoxy) is 1. The number of esters is 1. The lowest BCUT2D eigenvalue weighted by Gasteiger charge is -2.28. The molecule has 0 bridgehead atoms. The van der Waals surface area contributed by atoms with E-state index in [4.69, 9.17) is 4.74 Å². The van der Waals surface area contributed by atoms with Crippen LogP contribution in [0.4, 0.5) is 0 Å². The van der Waals surface area contributed by atoms with Crippen LogP contribution in [0.25, 0.3) is 11.1 Å². The summed E-state index contributed by atoms with van der Waals surface area (Å²) < 4.78 is 5.29. The van der Waals surface area contributed by atoms with Gasteiger partial charge in [-0.05, 0) is 91.4 Å². The number of carbonyl (C=O) groups excluding carboxylic acids is 1. The van der Waals surface area contributed by atoms with Gasteiger partial charge in [0.15, 0.2) is 0 Å². The first kappa shape index (κ1) is 23.8. The van der Waals surface area contributed by atoms with Gasteiger partial charge in [0.25, 0.3) is 0 Å². The van der Waals surface area contributed by atoms with Gasteiger partial charge in [-0.15, -0.1) is 0 Å². The van der Waals surface area contributed by atoms with Gasteiger partial charge in [-0.1, -0.05) is 81.3 Å². The second-order valence-corrected chi connectivity index (χ2v) is 10.1. The molecular weight excluding hydrogens is 404 g/mol. The maximum atomic E-state index is 12.1. The largest absolute Gasteiger partial charge is 0.462 e. The van der Waals surface area contributed by atoms with Crippen LogP contribution in [0.5, 0.6) is 0 Å². The van der Waals surface area contributed by atoms with E-state index in [1.165, 1.54) is 60.8 Å². The monoisotopic (exact) mass is 444 g/mol. The zero-order chi connectivity index (χ0) is 23.0. The summed E-state index contributed by atoms with van der Waals surface area (Å²) in [4.78, 5) is 12.1. The van der Waals surface area contributed by atoms with Gasteiger partial charge in [0.1, 0.15) is 0 Å².